The zero-order valence-electron chi connectivity index (χ0n) is 13.7. The van der Waals surface area contributed by atoms with Crippen LogP contribution in [0.4, 0.5) is 17.6 Å². The summed E-state index contributed by atoms with van der Waals surface area (Å²) in [5, 5.41) is 0. The molecule has 0 bridgehead atoms. The van der Waals surface area contributed by atoms with Crippen LogP contribution in [-0.2, 0) is 0 Å². The molecular formula is C15H21N7O. The number of hydrogen-bond acceptors (Lipinski definition) is 8. The van der Waals surface area contributed by atoms with E-state index in [0.29, 0.717) is 5.88 Å². The molecule has 1 aliphatic heterocycles. The van der Waals surface area contributed by atoms with E-state index >= 15 is 0 Å². The van der Waals surface area contributed by atoms with Crippen molar-refractivity contribution in [1.29, 1.82) is 0 Å². The molecule has 1 aliphatic rings. The van der Waals surface area contributed by atoms with E-state index in [-0.39, 0.29) is 0 Å². The number of rotatable bonds is 4. The number of hydrogen-bond donors (Lipinski definition) is 0. The number of ether oxygens (including phenoxy) is 1. The van der Waals surface area contributed by atoms with E-state index in [0.717, 1.165) is 43.8 Å². The van der Waals surface area contributed by atoms with E-state index in [4.69, 9.17) is 4.74 Å². The van der Waals surface area contributed by atoms with Gasteiger partial charge in [-0.2, -0.15) is 4.98 Å². The van der Waals surface area contributed by atoms with Crippen LogP contribution in [0, 0.1) is 0 Å². The molecule has 0 saturated carbocycles. The lowest BCUT2D eigenvalue weighted by atomic mass is 10.3. The van der Waals surface area contributed by atoms with Crippen LogP contribution in [0.25, 0.3) is 0 Å². The summed E-state index contributed by atoms with van der Waals surface area (Å²) in [6.07, 6.45) is 3.34. The lowest BCUT2D eigenvalue weighted by molar-refractivity contribution is 0.396. The Hall–Kier alpha value is -2.64. The average molecular weight is 315 g/mol. The molecule has 3 rings (SSSR count). The van der Waals surface area contributed by atoms with Crippen LogP contribution in [0.15, 0.2) is 24.7 Å². The molecule has 2 aromatic heterocycles. The van der Waals surface area contributed by atoms with Crippen molar-refractivity contribution in [3.05, 3.63) is 24.7 Å². The maximum absolute atomic E-state index is 5.16. The Labute approximate surface area is 135 Å². The van der Waals surface area contributed by atoms with Crippen molar-refractivity contribution in [3.8, 4) is 5.88 Å². The van der Waals surface area contributed by atoms with Crippen molar-refractivity contribution in [3.63, 3.8) is 0 Å². The topological polar surface area (TPSA) is 70.5 Å². The van der Waals surface area contributed by atoms with Crippen molar-refractivity contribution < 1.29 is 4.74 Å². The molecule has 0 aromatic carbocycles. The Morgan fingerprint density at radius 2 is 1.78 bits per heavy atom. The lowest BCUT2D eigenvalue weighted by Gasteiger charge is -2.35. The Morgan fingerprint density at radius 3 is 2.48 bits per heavy atom. The van der Waals surface area contributed by atoms with Gasteiger partial charge in [-0.05, 0) is 6.07 Å². The summed E-state index contributed by atoms with van der Waals surface area (Å²) in [7, 11) is 5.57. The molecule has 0 atom stereocenters. The van der Waals surface area contributed by atoms with Gasteiger partial charge in [-0.1, -0.05) is 0 Å². The van der Waals surface area contributed by atoms with Crippen LogP contribution in [-0.4, -0.2) is 67.3 Å². The van der Waals surface area contributed by atoms with Crippen LogP contribution in [0.2, 0.25) is 0 Å². The van der Waals surface area contributed by atoms with E-state index in [1.807, 2.05) is 31.1 Å². The first-order valence-corrected chi connectivity index (χ1v) is 7.53. The van der Waals surface area contributed by atoms with Crippen LogP contribution in [0.1, 0.15) is 0 Å². The Morgan fingerprint density at radius 1 is 1.04 bits per heavy atom. The molecular weight excluding hydrogens is 294 g/mol. The van der Waals surface area contributed by atoms with Gasteiger partial charge in [0.15, 0.2) is 0 Å². The SMILES string of the molecule is COc1cc(N2CCN(c3nccc(N(C)C)n3)CC2)ncn1. The Bertz CT molecular complexity index is 656. The molecule has 1 fully saturated rings. The number of aromatic nitrogens is 4. The zero-order chi connectivity index (χ0) is 16.2. The summed E-state index contributed by atoms with van der Waals surface area (Å²) in [5.74, 6) is 3.16. The van der Waals surface area contributed by atoms with Crippen molar-refractivity contribution in [2.75, 3.05) is 62.1 Å². The second-order valence-electron chi connectivity index (χ2n) is 5.50. The van der Waals surface area contributed by atoms with Crippen molar-refractivity contribution in [2.45, 2.75) is 0 Å². The lowest BCUT2D eigenvalue weighted by Crippen LogP contribution is -2.47. The Balaban J connectivity index is 1.67. The largest absolute Gasteiger partial charge is 0.481 e. The highest BCUT2D eigenvalue weighted by Crippen LogP contribution is 2.19. The maximum atomic E-state index is 5.16. The first kappa shape index (κ1) is 15.3. The van der Waals surface area contributed by atoms with Gasteiger partial charge < -0.3 is 19.4 Å². The summed E-state index contributed by atoms with van der Waals surface area (Å²) in [6, 6.07) is 3.77. The molecule has 3 heterocycles. The minimum atomic E-state index is 0.583. The van der Waals surface area contributed by atoms with Gasteiger partial charge in [0.25, 0.3) is 0 Å². The van der Waals surface area contributed by atoms with Crippen molar-refractivity contribution in [1.82, 2.24) is 19.9 Å². The monoisotopic (exact) mass is 315 g/mol. The quantitative estimate of drug-likeness (QED) is 0.815. The summed E-state index contributed by atoms with van der Waals surface area (Å²) in [6.45, 7) is 3.41. The van der Waals surface area contributed by atoms with Crippen molar-refractivity contribution >= 4 is 17.6 Å². The van der Waals surface area contributed by atoms with Crippen LogP contribution < -0.4 is 19.4 Å². The zero-order valence-corrected chi connectivity index (χ0v) is 13.7. The van der Waals surface area contributed by atoms with Crippen molar-refractivity contribution in [2.24, 2.45) is 0 Å². The molecule has 8 heteroatoms. The van der Waals surface area contributed by atoms with Gasteiger partial charge in [0.05, 0.1) is 7.11 Å². The summed E-state index contributed by atoms with van der Waals surface area (Å²) < 4.78 is 5.16. The molecule has 8 nitrogen and oxygen atoms in total. The second-order valence-corrected chi connectivity index (χ2v) is 5.50. The molecule has 0 spiro atoms. The molecule has 0 N–H and O–H groups in total. The second kappa shape index (κ2) is 6.64. The highest BCUT2D eigenvalue weighted by atomic mass is 16.5. The normalized spacial score (nSPS) is 14.7. The first-order chi connectivity index (χ1) is 11.2. The smallest absolute Gasteiger partial charge is 0.227 e. The molecule has 23 heavy (non-hydrogen) atoms. The van der Waals surface area contributed by atoms with Gasteiger partial charge in [-0.25, -0.2) is 15.0 Å². The van der Waals surface area contributed by atoms with Crippen LogP contribution >= 0.6 is 0 Å². The number of nitrogens with zero attached hydrogens (tertiary/aromatic N) is 7. The predicted molar refractivity (Wildman–Crippen MR) is 89.4 cm³/mol. The predicted octanol–water partition coefficient (Wildman–Crippen LogP) is 0.668. The molecule has 122 valence electrons. The third-order valence-electron chi connectivity index (χ3n) is 3.81. The molecule has 0 aliphatic carbocycles. The van der Waals surface area contributed by atoms with Crippen LogP contribution in [0.3, 0.4) is 0 Å². The highest BCUT2D eigenvalue weighted by molar-refractivity contribution is 5.46. The third-order valence-corrected chi connectivity index (χ3v) is 3.81. The number of piperazine rings is 1. The van der Waals surface area contributed by atoms with Gasteiger partial charge in [0, 0.05) is 52.5 Å². The van der Waals surface area contributed by atoms with E-state index in [2.05, 4.69) is 29.7 Å². The van der Waals surface area contributed by atoms with E-state index in [1.165, 1.54) is 6.33 Å². The highest BCUT2D eigenvalue weighted by Gasteiger charge is 2.20. The molecule has 2 aromatic rings. The number of anilines is 3. The van der Waals surface area contributed by atoms with Crippen LogP contribution in [0.5, 0.6) is 5.88 Å². The fourth-order valence-corrected chi connectivity index (χ4v) is 2.49. The van der Waals surface area contributed by atoms with Gasteiger partial charge in [-0.15, -0.1) is 0 Å². The molecule has 0 amide bonds. The average Bonchev–Trinajstić information content (AvgIpc) is 2.62. The van der Waals surface area contributed by atoms with Gasteiger partial charge >= 0.3 is 0 Å². The van der Waals surface area contributed by atoms with E-state index in [1.54, 1.807) is 13.3 Å². The van der Waals surface area contributed by atoms with Gasteiger partial charge in [0.1, 0.15) is 18.0 Å². The first-order valence-electron chi connectivity index (χ1n) is 7.53. The third kappa shape index (κ3) is 3.41. The fourth-order valence-electron chi connectivity index (χ4n) is 2.49. The molecule has 0 unspecified atom stereocenters. The summed E-state index contributed by atoms with van der Waals surface area (Å²) in [4.78, 5) is 23.8. The minimum absolute atomic E-state index is 0.583. The standard InChI is InChI=1S/C15H21N7O/c1-20(2)12-4-5-16-15(19-12)22-8-6-21(7-9-22)13-10-14(23-3)18-11-17-13/h4-5,10-11H,6-9H2,1-3H3. The van der Waals surface area contributed by atoms with E-state index < -0.39 is 0 Å². The summed E-state index contributed by atoms with van der Waals surface area (Å²) >= 11 is 0. The van der Waals surface area contributed by atoms with E-state index in [9.17, 15) is 0 Å². The molecule has 1 saturated heterocycles. The Kier molecular flexibility index (Phi) is 4.40. The minimum Gasteiger partial charge on any atom is -0.481 e. The number of methoxy groups -OCH3 is 1. The summed E-state index contributed by atoms with van der Waals surface area (Å²) in [5.41, 5.74) is 0. The fraction of sp³-hybridized carbons (Fsp3) is 0.467. The molecule has 0 radical (unpaired) electrons. The maximum Gasteiger partial charge on any atom is 0.227 e. The van der Waals surface area contributed by atoms with Gasteiger partial charge in [-0.3, -0.25) is 0 Å². The van der Waals surface area contributed by atoms with Gasteiger partial charge in [0.2, 0.25) is 11.8 Å².